The van der Waals surface area contributed by atoms with E-state index in [2.05, 4.69) is 19.1 Å². The van der Waals surface area contributed by atoms with E-state index in [-0.39, 0.29) is 0 Å². The molecule has 1 N–H and O–H groups in total. The monoisotopic (exact) mass is 259 g/mol. The van der Waals surface area contributed by atoms with Crippen molar-refractivity contribution in [1.29, 1.82) is 5.26 Å². The maximum Gasteiger partial charge on any atom is 0.111 e. The average Bonchev–Trinajstić information content (AvgIpc) is 2.43. The van der Waals surface area contributed by atoms with Crippen LogP contribution in [0.4, 0.5) is 0 Å². The van der Waals surface area contributed by atoms with Crippen molar-refractivity contribution in [1.82, 2.24) is 0 Å². The van der Waals surface area contributed by atoms with Gasteiger partial charge >= 0.3 is 0 Å². The van der Waals surface area contributed by atoms with Gasteiger partial charge in [-0.2, -0.15) is 5.26 Å². The lowest BCUT2D eigenvalue weighted by atomic mass is 9.75. The Balaban J connectivity index is 2.40. The molecule has 1 fully saturated rings. The second kappa shape index (κ2) is 5.32. The topological polar surface area (TPSA) is 53.2 Å². The van der Waals surface area contributed by atoms with Crippen LogP contribution in [0, 0.1) is 37.5 Å². The first-order valence-electron chi connectivity index (χ1n) is 6.75. The Labute approximate surface area is 114 Å². The van der Waals surface area contributed by atoms with E-state index in [0.29, 0.717) is 19.6 Å². The van der Waals surface area contributed by atoms with Crippen molar-refractivity contribution in [3.05, 3.63) is 34.4 Å². The summed E-state index contributed by atoms with van der Waals surface area (Å²) in [4.78, 5) is 0. The molecule has 0 spiro atoms. The number of nitrogens with zero attached hydrogens (tertiary/aromatic N) is 1. The highest BCUT2D eigenvalue weighted by molar-refractivity contribution is 5.39. The second-order valence-electron chi connectivity index (χ2n) is 5.62. The van der Waals surface area contributed by atoms with Gasteiger partial charge in [0, 0.05) is 6.61 Å². The molecular formula is C16H21NO2. The molecule has 19 heavy (non-hydrogen) atoms. The maximum atomic E-state index is 10.7. The SMILES string of the molecule is Cc1cc(C)c(C(O)C2(C#N)CCCOC2)cc1C. The lowest BCUT2D eigenvalue weighted by Gasteiger charge is -2.35. The zero-order valence-corrected chi connectivity index (χ0v) is 11.9. The quantitative estimate of drug-likeness (QED) is 0.888. The van der Waals surface area contributed by atoms with Gasteiger partial charge in [0.15, 0.2) is 0 Å². The molecule has 1 aromatic carbocycles. The summed E-state index contributed by atoms with van der Waals surface area (Å²) >= 11 is 0. The summed E-state index contributed by atoms with van der Waals surface area (Å²) in [6, 6.07) is 6.38. The number of ether oxygens (including phenoxy) is 1. The molecule has 0 bridgehead atoms. The predicted molar refractivity (Wildman–Crippen MR) is 73.7 cm³/mol. The highest BCUT2D eigenvalue weighted by Crippen LogP contribution is 2.41. The third kappa shape index (κ3) is 2.51. The molecule has 3 heteroatoms. The van der Waals surface area contributed by atoms with E-state index in [1.807, 2.05) is 19.9 Å². The summed E-state index contributed by atoms with van der Waals surface area (Å²) < 4.78 is 5.43. The molecule has 0 radical (unpaired) electrons. The van der Waals surface area contributed by atoms with Crippen LogP contribution in [0.2, 0.25) is 0 Å². The van der Waals surface area contributed by atoms with Crippen LogP contribution in [0.1, 0.15) is 41.2 Å². The van der Waals surface area contributed by atoms with Crippen molar-refractivity contribution < 1.29 is 9.84 Å². The van der Waals surface area contributed by atoms with Crippen LogP contribution in [-0.4, -0.2) is 18.3 Å². The Kier molecular flexibility index (Phi) is 3.93. The largest absolute Gasteiger partial charge is 0.387 e. The number of nitriles is 1. The number of aliphatic hydroxyl groups excluding tert-OH is 1. The summed E-state index contributed by atoms with van der Waals surface area (Å²) in [6.45, 7) is 7.07. The molecule has 1 aliphatic rings. The van der Waals surface area contributed by atoms with E-state index in [4.69, 9.17) is 4.74 Å². The van der Waals surface area contributed by atoms with E-state index in [1.54, 1.807) is 0 Å². The van der Waals surface area contributed by atoms with Crippen molar-refractivity contribution in [3.63, 3.8) is 0 Å². The first-order chi connectivity index (χ1) is 9.00. The zero-order valence-electron chi connectivity index (χ0n) is 11.9. The van der Waals surface area contributed by atoms with Gasteiger partial charge in [-0.3, -0.25) is 0 Å². The van der Waals surface area contributed by atoms with Gasteiger partial charge in [-0.05, 0) is 55.9 Å². The molecule has 0 aliphatic carbocycles. The van der Waals surface area contributed by atoms with Crippen LogP contribution in [0.25, 0.3) is 0 Å². The molecule has 3 nitrogen and oxygen atoms in total. The fraction of sp³-hybridized carbons (Fsp3) is 0.562. The molecule has 0 amide bonds. The van der Waals surface area contributed by atoms with E-state index in [9.17, 15) is 10.4 Å². The Morgan fingerprint density at radius 2 is 1.95 bits per heavy atom. The van der Waals surface area contributed by atoms with E-state index >= 15 is 0 Å². The Bertz CT molecular complexity index is 510. The number of hydrogen-bond donors (Lipinski definition) is 1. The first-order valence-corrected chi connectivity index (χ1v) is 6.75. The molecule has 1 heterocycles. The third-order valence-electron chi connectivity index (χ3n) is 4.19. The van der Waals surface area contributed by atoms with Crippen molar-refractivity contribution in [2.45, 2.75) is 39.7 Å². The molecule has 1 saturated heterocycles. The van der Waals surface area contributed by atoms with Crippen molar-refractivity contribution in [3.8, 4) is 6.07 Å². The van der Waals surface area contributed by atoms with Gasteiger partial charge in [0.05, 0.1) is 12.7 Å². The minimum atomic E-state index is -0.801. The normalized spacial score (nSPS) is 24.8. The van der Waals surface area contributed by atoms with Crippen LogP contribution in [0.5, 0.6) is 0 Å². The smallest absolute Gasteiger partial charge is 0.111 e. The van der Waals surface area contributed by atoms with Gasteiger partial charge < -0.3 is 9.84 Å². The van der Waals surface area contributed by atoms with Crippen LogP contribution in [-0.2, 0) is 4.74 Å². The number of aliphatic hydroxyl groups is 1. The molecule has 0 saturated carbocycles. The van der Waals surface area contributed by atoms with Crippen molar-refractivity contribution >= 4 is 0 Å². The van der Waals surface area contributed by atoms with Gasteiger partial charge in [0.1, 0.15) is 11.5 Å². The molecule has 2 unspecified atom stereocenters. The zero-order chi connectivity index (χ0) is 14.0. The second-order valence-corrected chi connectivity index (χ2v) is 5.62. The van der Waals surface area contributed by atoms with Crippen LogP contribution in [0.3, 0.4) is 0 Å². The molecule has 102 valence electrons. The molecule has 2 rings (SSSR count). The van der Waals surface area contributed by atoms with Crippen molar-refractivity contribution in [2.75, 3.05) is 13.2 Å². The lowest BCUT2D eigenvalue weighted by molar-refractivity contribution is -0.0508. The fourth-order valence-corrected chi connectivity index (χ4v) is 2.76. The molecule has 2 atom stereocenters. The van der Waals surface area contributed by atoms with Crippen molar-refractivity contribution in [2.24, 2.45) is 5.41 Å². The highest BCUT2D eigenvalue weighted by atomic mass is 16.5. The van der Waals surface area contributed by atoms with Crippen LogP contribution < -0.4 is 0 Å². The molecular weight excluding hydrogens is 238 g/mol. The number of aryl methyl sites for hydroxylation is 3. The molecule has 1 aromatic rings. The standard InChI is InChI=1S/C16H21NO2/c1-11-7-13(3)14(8-12(11)2)15(18)16(9-17)5-4-6-19-10-16/h7-8,15,18H,4-6,10H2,1-3H3. The van der Waals surface area contributed by atoms with Crippen LogP contribution >= 0.6 is 0 Å². The third-order valence-corrected chi connectivity index (χ3v) is 4.19. The average molecular weight is 259 g/mol. The fourth-order valence-electron chi connectivity index (χ4n) is 2.76. The molecule has 0 aromatic heterocycles. The van der Waals surface area contributed by atoms with Gasteiger partial charge in [0.25, 0.3) is 0 Å². The summed E-state index contributed by atoms with van der Waals surface area (Å²) in [5, 5.41) is 20.2. The summed E-state index contributed by atoms with van der Waals surface area (Å²) in [5.74, 6) is 0. The minimum Gasteiger partial charge on any atom is -0.387 e. The van der Waals surface area contributed by atoms with Gasteiger partial charge in [-0.25, -0.2) is 0 Å². The number of rotatable bonds is 2. The lowest BCUT2D eigenvalue weighted by Crippen LogP contribution is -2.36. The van der Waals surface area contributed by atoms with Gasteiger partial charge in [-0.1, -0.05) is 12.1 Å². The highest BCUT2D eigenvalue weighted by Gasteiger charge is 2.41. The summed E-state index contributed by atoms with van der Waals surface area (Å²) in [7, 11) is 0. The predicted octanol–water partition coefficient (Wildman–Crippen LogP) is 2.97. The maximum absolute atomic E-state index is 10.7. The van der Waals surface area contributed by atoms with Gasteiger partial charge in [-0.15, -0.1) is 0 Å². The Morgan fingerprint density at radius 1 is 1.26 bits per heavy atom. The summed E-state index contributed by atoms with van der Waals surface area (Å²) in [6.07, 6.45) is 0.739. The first kappa shape index (κ1) is 14.0. The molecule has 1 aliphatic heterocycles. The van der Waals surface area contributed by atoms with E-state index < -0.39 is 11.5 Å². The minimum absolute atomic E-state index is 0.316. The van der Waals surface area contributed by atoms with E-state index in [1.165, 1.54) is 5.56 Å². The number of hydrogen-bond acceptors (Lipinski definition) is 3. The number of benzene rings is 1. The Hall–Kier alpha value is -1.37. The van der Waals surface area contributed by atoms with Crippen LogP contribution in [0.15, 0.2) is 12.1 Å². The summed E-state index contributed by atoms with van der Waals surface area (Å²) in [5.41, 5.74) is 3.44. The van der Waals surface area contributed by atoms with Gasteiger partial charge in [0.2, 0.25) is 0 Å². The van der Waals surface area contributed by atoms with E-state index in [0.717, 1.165) is 23.1 Å². The Morgan fingerprint density at radius 3 is 2.53 bits per heavy atom.